The van der Waals surface area contributed by atoms with Crippen LogP contribution in [0.4, 0.5) is 17.1 Å². The molecule has 2 aliphatic heterocycles. The third-order valence-corrected chi connectivity index (χ3v) is 7.37. The van der Waals surface area contributed by atoms with Gasteiger partial charge in [0.2, 0.25) is 11.8 Å². The van der Waals surface area contributed by atoms with Crippen LogP contribution in [0, 0.1) is 0 Å². The summed E-state index contributed by atoms with van der Waals surface area (Å²) in [6, 6.07) is 28.3. The Morgan fingerprint density at radius 3 is 2.11 bits per heavy atom. The molecule has 0 unspecified atom stereocenters. The zero-order chi connectivity index (χ0) is 25.1. The molecule has 3 aromatic rings. The van der Waals surface area contributed by atoms with Gasteiger partial charge in [-0.25, -0.2) is 0 Å². The predicted molar refractivity (Wildman–Crippen MR) is 145 cm³/mol. The Kier molecular flexibility index (Phi) is 7.05. The summed E-state index contributed by atoms with van der Waals surface area (Å²) in [6.45, 7) is 7.56. The number of carbonyl (C=O) groups is 2. The van der Waals surface area contributed by atoms with E-state index in [4.69, 9.17) is 0 Å². The molecule has 1 fully saturated rings. The van der Waals surface area contributed by atoms with Crippen molar-refractivity contribution in [3.8, 4) is 0 Å². The summed E-state index contributed by atoms with van der Waals surface area (Å²) in [5.74, 6) is 0.125. The molecule has 0 bridgehead atoms. The van der Waals surface area contributed by atoms with Crippen LogP contribution in [-0.2, 0) is 9.59 Å². The van der Waals surface area contributed by atoms with E-state index in [0.717, 1.165) is 43.1 Å². The minimum absolute atomic E-state index is 0.00386. The number of rotatable bonds is 5. The van der Waals surface area contributed by atoms with Gasteiger partial charge in [0.25, 0.3) is 0 Å². The SMILES string of the molecule is CC(=O)N1c2ccccc2[C@H](N(C(=O)CN2CCN(c3ccccc3)CC2)c2ccccc2)C[C@H]1C. The van der Waals surface area contributed by atoms with Crippen LogP contribution in [0.3, 0.4) is 0 Å². The van der Waals surface area contributed by atoms with Gasteiger partial charge in [-0.2, -0.15) is 0 Å². The highest BCUT2D eigenvalue weighted by atomic mass is 16.2. The maximum absolute atomic E-state index is 14.0. The lowest BCUT2D eigenvalue weighted by Gasteiger charge is -2.44. The lowest BCUT2D eigenvalue weighted by atomic mass is 9.90. The molecule has 0 radical (unpaired) electrons. The first-order chi connectivity index (χ1) is 17.5. The Hall–Kier alpha value is -3.64. The van der Waals surface area contributed by atoms with Crippen LogP contribution < -0.4 is 14.7 Å². The fraction of sp³-hybridized carbons (Fsp3) is 0.333. The van der Waals surface area contributed by atoms with Gasteiger partial charge in [0.05, 0.1) is 12.6 Å². The van der Waals surface area contributed by atoms with Gasteiger partial charge >= 0.3 is 0 Å². The number of hydrogen-bond donors (Lipinski definition) is 0. The number of anilines is 3. The fourth-order valence-electron chi connectivity index (χ4n) is 5.66. The van der Waals surface area contributed by atoms with Crippen LogP contribution in [-0.4, -0.2) is 55.5 Å². The number of benzene rings is 3. The molecular formula is C30H34N4O2. The molecule has 1 saturated heterocycles. The zero-order valence-electron chi connectivity index (χ0n) is 21.1. The molecule has 0 N–H and O–H groups in total. The molecule has 36 heavy (non-hydrogen) atoms. The normalized spacial score (nSPS) is 20.1. The van der Waals surface area contributed by atoms with Gasteiger partial charge < -0.3 is 14.7 Å². The molecule has 0 spiro atoms. The molecule has 5 rings (SSSR count). The third-order valence-electron chi connectivity index (χ3n) is 7.37. The Morgan fingerprint density at radius 1 is 0.833 bits per heavy atom. The number of amides is 2. The molecule has 3 aromatic carbocycles. The number of nitrogens with zero attached hydrogens (tertiary/aromatic N) is 4. The highest BCUT2D eigenvalue weighted by Gasteiger charge is 2.38. The summed E-state index contributed by atoms with van der Waals surface area (Å²) in [4.78, 5) is 34.9. The highest BCUT2D eigenvalue weighted by Crippen LogP contribution is 2.42. The van der Waals surface area contributed by atoms with Crippen molar-refractivity contribution in [2.45, 2.75) is 32.4 Å². The summed E-state index contributed by atoms with van der Waals surface area (Å²) in [7, 11) is 0. The monoisotopic (exact) mass is 482 g/mol. The van der Waals surface area contributed by atoms with E-state index in [0.29, 0.717) is 13.0 Å². The first-order valence-corrected chi connectivity index (χ1v) is 12.8. The summed E-state index contributed by atoms with van der Waals surface area (Å²) in [6.07, 6.45) is 0.693. The van der Waals surface area contributed by atoms with Crippen molar-refractivity contribution in [3.63, 3.8) is 0 Å². The van der Waals surface area contributed by atoms with E-state index in [2.05, 4.69) is 47.1 Å². The minimum Gasteiger partial charge on any atom is -0.369 e. The average Bonchev–Trinajstić information content (AvgIpc) is 2.90. The van der Waals surface area contributed by atoms with Crippen molar-refractivity contribution in [1.82, 2.24) is 4.90 Å². The van der Waals surface area contributed by atoms with E-state index in [1.165, 1.54) is 5.69 Å². The van der Waals surface area contributed by atoms with Crippen molar-refractivity contribution in [2.24, 2.45) is 0 Å². The maximum atomic E-state index is 14.0. The van der Waals surface area contributed by atoms with Crippen molar-refractivity contribution in [1.29, 1.82) is 0 Å². The smallest absolute Gasteiger partial charge is 0.241 e. The fourth-order valence-corrected chi connectivity index (χ4v) is 5.66. The van der Waals surface area contributed by atoms with Gasteiger partial charge in [-0.3, -0.25) is 14.5 Å². The van der Waals surface area contributed by atoms with Gasteiger partial charge in [0, 0.05) is 56.2 Å². The van der Waals surface area contributed by atoms with Crippen molar-refractivity contribution >= 4 is 28.9 Å². The Labute approximate surface area is 213 Å². The quantitative estimate of drug-likeness (QED) is 0.528. The number of piperazine rings is 1. The van der Waals surface area contributed by atoms with Crippen LogP contribution in [0.25, 0.3) is 0 Å². The summed E-state index contributed by atoms with van der Waals surface area (Å²) < 4.78 is 0. The molecule has 186 valence electrons. The molecule has 2 heterocycles. The van der Waals surface area contributed by atoms with Crippen LogP contribution >= 0.6 is 0 Å². The van der Waals surface area contributed by atoms with E-state index in [1.54, 1.807) is 6.92 Å². The van der Waals surface area contributed by atoms with E-state index in [1.807, 2.05) is 64.4 Å². The molecule has 6 nitrogen and oxygen atoms in total. The lowest BCUT2D eigenvalue weighted by Crippen LogP contribution is -2.52. The molecule has 0 aromatic heterocycles. The van der Waals surface area contributed by atoms with Crippen LogP contribution in [0.15, 0.2) is 84.9 Å². The Balaban J connectivity index is 1.39. The molecule has 2 amide bonds. The van der Waals surface area contributed by atoms with Crippen LogP contribution in [0.1, 0.15) is 31.9 Å². The molecule has 6 heteroatoms. The second-order valence-electron chi connectivity index (χ2n) is 9.75. The number of fused-ring (bicyclic) bond motifs is 1. The lowest BCUT2D eigenvalue weighted by molar-refractivity contribution is -0.120. The zero-order valence-corrected chi connectivity index (χ0v) is 21.1. The summed E-state index contributed by atoms with van der Waals surface area (Å²) >= 11 is 0. The second kappa shape index (κ2) is 10.5. The Morgan fingerprint density at radius 2 is 1.44 bits per heavy atom. The summed E-state index contributed by atoms with van der Waals surface area (Å²) in [5.41, 5.74) is 4.06. The number of carbonyl (C=O) groups excluding carboxylic acids is 2. The van der Waals surface area contributed by atoms with E-state index in [9.17, 15) is 9.59 Å². The molecular weight excluding hydrogens is 448 g/mol. The molecule has 0 aliphatic carbocycles. The maximum Gasteiger partial charge on any atom is 0.241 e. The van der Waals surface area contributed by atoms with E-state index >= 15 is 0 Å². The standard InChI is InChI=1S/C30H34N4O2/c1-23-21-29(27-15-9-10-16-28(27)33(23)24(2)35)34(26-13-7-4-8-14-26)30(36)22-31-17-19-32(20-18-31)25-11-5-3-6-12-25/h3-16,23,29H,17-22H2,1-2H3/t23-,29-/m1/s1. The first kappa shape index (κ1) is 24.1. The van der Waals surface area contributed by atoms with Gasteiger partial charge in [-0.05, 0) is 49.2 Å². The summed E-state index contributed by atoms with van der Waals surface area (Å²) in [5, 5.41) is 0. The van der Waals surface area contributed by atoms with Crippen molar-refractivity contribution in [2.75, 3.05) is 47.4 Å². The minimum atomic E-state index is -0.132. The van der Waals surface area contributed by atoms with E-state index in [-0.39, 0.29) is 23.9 Å². The number of hydrogen-bond acceptors (Lipinski definition) is 4. The molecule has 2 atom stereocenters. The van der Waals surface area contributed by atoms with Gasteiger partial charge in [0.15, 0.2) is 0 Å². The van der Waals surface area contributed by atoms with Gasteiger partial charge in [-0.1, -0.05) is 54.6 Å². The van der Waals surface area contributed by atoms with Gasteiger partial charge in [-0.15, -0.1) is 0 Å². The van der Waals surface area contributed by atoms with Crippen molar-refractivity contribution in [3.05, 3.63) is 90.5 Å². The van der Waals surface area contributed by atoms with Crippen LogP contribution in [0.5, 0.6) is 0 Å². The van der Waals surface area contributed by atoms with Crippen molar-refractivity contribution < 1.29 is 9.59 Å². The highest BCUT2D eigenvalue weighted by molar-refractivity contribution is 5.98. The Bertz CT molecular complexity index is 1190. The second-order valence-corrected chi connectivity index (χ2v) is 9.75. The predicted octanol–water partition coefficient (Wildman–Crippen LogP) is 4.73. The largest absolute Gasteiger partial charge is 0.369 e. The average molecular weight is 483 g/mol. The van der Waals surface area contributed by atoms with Gasteiger partial charge in [0.1, 0.15) is 0 Å². The topological polar surface area (TPSA) is 47.1 Å². The molecule has 0 saturated carbocycles. The molecule has 2 aliphatic rings. The third kappa shape index (κ3) is 4.86. The first-order valence-electron chi connectivity index (χ1n) is 12.8. The number of para-hydroxylation sites is 3. The van der Waals surface area contributed by atoms with E-state index < -0.39 is 0 Å². The van der Waals surface area contributed by atoms with Crippen LogP contribution in [0.2, 0.25) is 0 Å².